The highest BCUT2D eigenvalue weighted by Gasteiger charge is 2.18. The SMILES string of the molecule is COc1cccc(-n2nnc(C(=O)Nc3cccc4ccccc34)c2C)c1. The van der Waals surface area contributed by atoms with E-state index in [4.69, 9.17) is 4.74 Å². The van der Waals surface area contributed by atoms with Gasteiger partial charge in [0.15, 0.2) is 5.69 Å². The number of fused-ring (bicyclic) bond motifs is 1. The number of aromatic nitrogens is 3. The van der Waals surface area contributed by atoms with Gasteiger partial charge >= 0.3 is 0 Å². The summed E-state index contributed by atoms with van der Waals surface area (Å²) in [5.41, 5.74) is 2.46. The summed E-state index contributed by atoms with van der Waals surface area (Å²) in [7, 11) is 1.61. The number of carbonyl (C=O) groups is 1. The molecule has 4 rings (SSSR count). The van der Waals surface area contributed by atoms with Gasteiger partial charge in [-0.1, -0.05) is 47.7 Å². The smallest absolute Gasteiger partial charge is 0.278 e. The summed E-state index contributed by atoms with van der Waals surface area (Å²) in [4.78, 5) is 12.8. The number of nitrogens with one attached hydrogen (secondary N) is 1. The minimum atomic E-state index is -0.294. The van der Waals surface area contributed by atoms with Crippen molar-refractivity contribution in [2.75, 3.05) is 12.4 Å². The predicted molar refractivity (Wildman–Crippen MR) is 105 cm³/mol. The Morgan fingerprint density at radius 1 is 1.04 bits per heavy atom. The molecule has 0 fully saturated rings. The van der Waals surface area contributed by atoms with Crippen LogP contribution in [0.5, 0.6) is 5.75 Å². The molecule has 134 valence electrons. The van der Waals surface area contributed by atoms with Crippen LogP contribution in [0.1, 0.15) is 16.2 Å². The number of nitrogens with zero attached hydrogens (tertiary/aromatic N) is 3. The summed E-state index contributed by atoms with van der Waals surface area (Å²) >= 11 is 0. The summed E-state index contributed by atoms with van der Waals surface area (Å²) in [6, 6.07) is 21.1. The number of rotatable bonds is 4. The fourth-order valence-corrected chi connectivity index (χ4v) is 3.04. The molecule has 0 aliphatic rings. The van der Waals surface area contributed by atoms with Gasteiger partial charge in [-0.3, -0.25) is 4.79 Å². The lowest BCUT2D eigenvalue weighted by molar-refractivity contribution is 0.102. The number of benzene rings is 3. The number of anilines is 1. The fraction of sp³-hybridized carbons (Fsp3) is 0.0952. The molecule has 0 saturated carbocycles. The van der Waals surface area contributed by atoms with Crippen LogP contribution >= 0.6 is 0 Å². The fourth-order valence-electron chi connectivity index (χ4n) is 3.04. The Morgan fingerprint density at radius 2 is 1.81 bits per heavy atom. The zero-order chi connectivity index (χ0) is 18.8. The number of hydrogen-bond acceptors (Lipinski definition) is 4. The zero-order valence-electron chi connectivity index (χ0n) is 15.0. The first-order chi connectivity index (χ1) is 13.2. The molecular weight excluding hydrogens is 340 g/mol. The molecule has 0 spiro atoms. The van der Waals surface area contributed by atoms with Gasteiger partial charge in [-0.05, 0) is 30.5 Å². The van der Waals surface area contributed by atoms with Crippen molar-refractivity contribution in [3.63, 3.8) is 0 Å². The molecule has 6 nitrogen and oxygen atoms in total. The Hall–Kier alpha value is -3.67. The Balaban J connectivity index is 1.66. The van der Waals surface area contributed by atoms with E-state index in [1.165, 1.54) is 0 Å². The van der Waals surface area contributed by atoms with Crippen LogP contribution in [0.25, 0.3) is 16.5 Å². The summed E-state index contributed by atoms with van der Waals surface area (Å²) in [6.45, 7) is 1.82. The molecule has 0 saturated heterocycles. The van der Waals surface area contributed by atoms with Crippen molar-refractivity contribution in [3.05, 3.63) is 78.1 Å². The maximum absolute atomic E-state index is 12.8. The highest BCUT2D eigenvalue weighted by molar-refractivity contribution is 6.08. The summed E-state index contributed by atoms with van der Waals surface area (Å²) in [5.74, 6) is 0.419. The molecule has 0 radical (unpaired) electrons. The van der Waals surface area contributed by atoms with Gasteiger partial charge in [-0.15, -0.1) is 5.10 Å². The van der Waals surface area contributed by atoms with Gasteiger partial charge in [-0.2, -0.15) is 0 Å². The van der Waals surface area contributed by atoms with Crippen molar-refractivity contribution in [2.24, 2.45) is 0 Å². The van der Waals surface area contributed by atoms with E-state index in [0.717, 1.165) is 22.1 Å². The zero-order valence-corrected chi connectivity index (χ0v) is 15.0. The van der Waals surface area contributed by atoms with Crippen molar-refractivity contribution in [1.82, 2.24) is 15.0 Å². The molecule has 0 aliphatic carbocycles. The summed E-state index contributed by atoms with van der Waals surface area (Å²) < 4.78 is 6.88. The molecule has 3 aromatic carbocycles. The first kappa shape index (κ1) is 16.8. The van der Waals surface area contributed by atoms with Crippen LogP contribution in [0, 0.1) is 6.92 Å². The van der Waals surface area contributed by atoms with E-state index in [9.17, 15) is 4.79 Å². The van der Waals surface area contributed by atoms with Crippen molar-refractivity contribution in [3.8, 4) is 11.4 Å². The highest BCUT2D eigenvalue weighted by atomic mass is 16.5. The van der Waals surface area contributed by atoms with Crippen LogP contribution in [0.4, 0.5) is 5.69 Å². The topological polar surface area (TPSA) is 69.0 Å². The standard InChI is InChI=1S/C21H18N4O2/c1-14-20(23-24-25(14)16-9-6-10-17(13-16)27-2)21(26)22-19-12-5-8-15-7-3-4-11-18(15)19/h3-13H,1-2H3,(H,22,26). The maximum atomic E-state index is 12.8. The van der Waals surface area contributed by atoms with Crippen LogP contribution < -0.4 is 10.1 Å². The number of hydrogen-bond donors (Lipinski definition) is 1. The summed E-state index contributed by atoms with van der Waals surface area (Å²) in [6.07, 6.45) is 0. The lowest BCUT2D eigenvalue weighted by Crippen LogP contribution is -2.14. The minimum absolute atomic E-state index is 0.283. The molecule has 4 aromatic rings. The number of amides is 1. The first-order valence-electron chi connectivity index (χ1n) is 8.53. The van der Waals surface area contributed by atoms with Crippen LogP contribution in [0.3, 0.4) is 0 Å². The van der Waals surface area contributed by atoms with Gasteiger partial charge in [0.1, 0.15) is 5.75 Å². The average Bonchev–Trinajstić information content (AvgIpc) is 3.10. The van der Waals surface area contributed by atoms with Crippen molar-refractivity contribution < 1.29 is 9.53 Å². The van der Waals surface area contributed by atoms with E-state index in [0.29, 0.717) is 11.4 Å². The second kappa shape index (κ2) is 6.92. The van der Waals surface area contributed by atoms with E-state index in [2.05, 4.69) is 15.6 Å². The second-order valence-corrected chi connectivity index (χ2v) is 6.12. The Kier molecular flexibility index (Phi) is 4.30. The Morgan fingerprint density at radius 3 is 2.67 bits per heavy atom. The molecule has 0 bridgehead atoms. The van der Waals surface area contributed by atoms with E-state index >= 15 is 0 Å². The van der Waals surface area contributed by atoms with Crippen LogP contribution in [0.15, 0.2) is 66.7 Å². The largest absolute Gasteiger partial charge is 0.497 e. The van der Waals surface area contributed by atoms with Gasteiger partial charge in [0.2, 0.25) is 0 Å². The van der Waals surface area contributed by atoms with Gasteiger partial charge in [-0.25, -0.2) is 4.68 Å². The van der Waals surface area contributed by atoms with Crippen molar-refractivity contribution >= 4 is 22.4 Å². The second-order valence-electron chi connectivity index (χ2n) is 6.12. The molecule has 0 aliphatic heterocycles. The van der Waals surface area contributed by atoms with Gasteiger partial charge < -0.3 is 10.1 Å². The third-order valence-electron chi connectivity index (χ3n) is 4.45. The molecular formula is C21H18N4O2. The molecule has 1 amide bonds. The van der Waals surface area contributed by atoms with Crippen molar-refractivity contribution in [2.45, 2.75) is 6.92 Å². The third-order valence-corrected chi connectivity index (χ3v) is 4.45. The van der Waals surface area contributed by atoms with E-state index in [1.807, 2.05) is 73.7 Å². The maximum Gasteiger partial charge on any atom is 0.278 e. The quantitative estimate of drug-likeness (QED) is 0.599. The number of carbonyl (C=O) groups excluding carboxylic acids is 1. The lowest BCUT2D eigenvalue weighted by Gasteiger charge is -2.08. The Labute approximate surface area is 156 Å². The van der Waals surface area contributed by atoms with Crippen LogP contribution in [-0.2, 0) is 0 Å². The predicted octanol–water partition coefficient (Wildman–Crippen LogP) is 3.99. The molecule has 0 atom stereocenters. The average molecular weight is 358 g/mol. The first-order valence-corrected chi connectivity index (χ1v) is 8.53. The number of methoxy groups -OCH3 is 1. The molecule has 0 unspecified atom stereocenters. The molecule has 1 aromatic heterocycles. The van der Waals surface area contributed by atoms with E-state index in [-0.39, 0.29) is 11.6 Å². The van der Waals surface area contributed by atoms with Crippen LogP contribution in [-0.4, -0.2) is 28.0 Å². The van der Waals surface area contributed by atoms with Crippen LogP contribution in [0.2, 0.25) is 0 Å². The highest BCUT2D eigenvalue weighted by Crippen LogP contribution is 2.24. The van der Waals surface area contributed by atoms with Gasteiger partial charge in [0.25, 0.3) is 5.91 Å². The van der Waals surface area contributed by atoms with E-state index < -0.39 is 0 Å². The molecule has 1 heterocycles. The monoisotopic (exact) mass is 358 g/mol. The Bertz CT molecular complexity index is 1130. The molecule has 6 heteroatoms. The van der Waals surface area contributed by atoms with E-state index in [1.54, 1.807) is 11.8 Å². The third kappa shape index (κ3) is 3.13. The van der Waals surface area contributed by atoms with Gasteiger partial charge in [0, 0.05) is 17.1 Å². The minimum Gasteiger partial charge on any atom is -0.497 e. The summed E-state index contributed by atoms with van der Waals surface area (Å²) in [5, 5.41) is 13.2. The number of ether oxygens (including phenoxy) is 1. The molecule has 27 heavy (non-hydrogen) atoms. The van der Waals surface area contributed by atoms with Gasteiger partial charge in [0.05, 0.1) is 18.5 Å². The van der Waals surface area contributed by atoms with Crippen molar-refractivity contribution in [1.29, 1.82) is 0 Å². The lowest BCUT2D eigenvalue weighted by atomic mass is 10.1. The molecule has 1 N–H and O–H groups in total. The normalized spacial score (nSPS) is 10.7.